The summed E-state index contributed by atoms with van der Waals surface area (Å²) in [7, 11) is -3.93. The van der Waals surface area contributed by atoms with Gasteiger partial charge in [-0.15, -0.1) is 0 Å². The molecule has 1 fully saturated rings. The Balaban J connectivity index is 2.29. The van der Waals surface area contributed by atoms with Gasteiger partial charge in [-0.25, -0.2) is 4.79 Å². The van der Waals surface area contributed by atoms with Gasteiger partial charge in [0, 0.05) is 6.54 Å². The molecule has 0 aromatic heterocycles. The van der Waals surface area contributed by atoms with Crippen molar-refractivity contribution < 1.29 is 22.5 Å². The normalized spacial score (nSPS) is 21.9. The molecular formula is C17H25NO5S. The van der Waals surface area contributed by atoms with Gasteiger partial charge in [0.2, 0.25) is 0 Å². The first-order valence-corrected chi connectivity index (χ1v) is 9.37. The fourth-order valence-electron chi connectivity index (χ4n) is 3.25. The summed E-state index contributed by atoms with van der Waals surface area (Å²) in [6, 6.07) is 6.40. The summed E-state index contributed by atoms with van der Waals surface area (Å²) in [5.74, 6) is 0. The van der Waals surface area contributed by atoms with Crippen molar-refractivity contribution in [3.8, 4) is 0 Å². The molecule has 0 radical (unpaired) electrons. The van der Waals surface area contributed by atoms with Crippen molar-refractivity contribution in [3.05, 3.63) is 29.8 Å². The van der Waals surface area contributed by atoms with Crippen LogP contribution in [0.5, 0.6) is 0 Å². The molecule has 0 spiro atoms. The molecule has 0 unspecified atom stereocenters. The standard InChI is InChI=1S/C17H25NO5S/c1-13-6-8-14(9-7-13)24(21,22)23-12-17(16(2,3)4)10-5-11-18(17)15(19)20/h6-9H,5,10-12H2,1-4H3,(H,19,20)/t17-/m1/s1. The first-order valence-electron chi connectivity index (χ1n) is 7.96. The van der Waals surface area contributed by atoms with E-state index in [0.717, 1.165) is 5.56 Å². The van der Waals surface area contributed by atoms with Crippen molar-refractivity contribution in [2.24, 2.45) is 5.41 Å². The number of amides is 1. The molecule has 1 N–H and O–H groups in total. The Morgan fingerprint density at radius 1 is 1.29 bits per heavy atom. The van der Waals surface area contributed by atoms with Crippen molar-refractivity contribution in [3.63, 3.8) is 0 Å². The van der Waals surface area contributed by atoms with E-state index in [1.165, 1.54) is 17.0 Å². The van der Waals surface area contributed by atoms with E-state index in [2.05, 4.69) is 0 Å². The summed E-state index contributed by atoms with van der Waals surface area (Å²) in [5.41, 5.74) is -0.366. The summed E-state index contributed by atoms with van der Waals surface area (Å²) < 4.78 is 30.2. The molecule has 1 aliphatic rings. The molecule has 6 nitrogen and oxygen atoms in total. The summed E-state index contributed by atoms with van der Waals surface area (Å²) in [6.07, 6.45) is 0.225. The quantitative estimate of drug-likeness (QED) is 0.838. The molecule has 0 saturated carbocycles. The molecule has 24 heavy (non-hydrogen) atoms. The van der Waals surface area contributed by atoms with Crippen LogP contribution in [0.25, 0.3) is 0 Å². The lowest BCUT2D eigenvalue weighted by Gasteiger charge is -2.46. The number of carboxylic acid groups (broad SMARTS) is 1. The predicted octanol–water partition coefficient (Wildman–Crippen LogP) is 3.26. The Bertz CT molecular complexity index is 705. The van der Waals surface area contributed by atoms with Gasteiger partial charge < -0.3 is 5.11 Å². The minimum atomic E-state index is -3.93. The van der Waals surface area contributed by atoms with E-state index in [1.807, 2.05) is 27.7 Å². The number of rotatable bonds is 4. The molecule has 1 saturated heterocycles. The zero-order chi connectivity index (χ0) is 18.2. The highest BCUT2D eigenvalue weighted by molar-refractivity contribution is 7.86. The van der Waals surface area contributed by atoms with Gasteiger partial charge in [0.15, 0.2) is 0 Å². The highest BCUT2D eigenvalue weighted by atomic mass is 32.2. The Labute approximate surface area is 143 Å². The van der Waals surface area contributed by atoms with Gasteiger partial charge in [-0.2, -0.15) is 8.42 Å². The van der Waals surface area contributed by atoms with E-state index in [-0.39, 0.29) is 11.5 Å². The van der Waals surface area contributed by atoms with Crippen LogP contribution in [0, 0.1) is 12.3 Å². The molecule has 2 rings (SSSR count). The molecule has 0 bridgehead atoms. The van der Waals surface area contributed by atoms with Crippen LogP contribution in [0.3, 0.4) is 0 Å². The second kappa shape index (κ2) is 6.37. The van der Waals surface area contributed by atoms with Crippen LogP contribution in [0.1, 0.15) is 39.2 Å². The van der Waals surface area contributed by atoms with E-state index in [0.29, 0.717) is 19.4 Å². The number of hydrogen-bond donors (Lipinski definition) is 1. The highest BCUT2D eigenvalue weighted by Gasteiger charge is 2.52. The topological polar surface area (TPSA) is 83.9 Å². The number of likely N-dealkylation sites (tertiary alicyclic amines) is 1. The van der Waals surface area contributed by atoms with E-state index < -0.39 is 27.2 Å². The van der Waals surface area contributed by atoms with Gasteiger partial charge in [-0.3, -0.25) is 9.08 Å². The minimum absolute atomic E-state index is 0.0806. The molecular weight excluding hydrogens is 330 g/mol. The van der Waals surface area contributed by atoms with Crippen LogP contribution in [-0.4, -0.2) is 43.2 Å². The minimum Gasteiger partial charge on any atom is -0.465 e. The Morgan fingerprint density at radius 2 is 1.88 bits per heavy atom. The average Bonchev–Trinajstić information content (AvgIpc) is 2.91. The highest BCUT2D eigenvalue weighted by Crippen LogP contribution is 2.44. The van der Waals surface area contributed by atoms with E-state index in [9.17, 15) is 18.3 Å². The molecule has 7 heteroatoms. The second-order valence-corrected chi connectivity index (χ2v) is 8.96. The van der Waals surface area contributed by atoms with Gasteiger partial charge in [-0.05, 0) is 37.3 Å². The van der Waals surface area contributed by atoms with E-state index >= 15 is 0 Å². The van der Waals surface area contributed by atoms with Crippen molar-refractivity contribution >= 4 is 16.2 Å². The molecule has 1 aliphatic heterocycles. The van der Waals surface area contributed by atoms with Crippen molar-refractivity contribution in [1.29, 1.82) is 0 Å². The van der Waals surface area contributed by atoms with Crippen molar-refractivity contribution in [1.82, 2.24) is 4.90 Å². The smallest absolute Gasteiger partial charge is 0.407 e. The third-order valence-electron chi connectivity index (χ3n) is 4.88. The molecule has 0 aliphatic carbocycles. The summed E-state index contributed by atoms with van der Waals surface area (Å²) in [5, 5.41) is 9.51. The molecule has 1 amide bonds. The zero-order valence-corrected chi connectivity index (χ0v) is 15.4. The second-order valence-electron chi connectivity index (χ2n) is 7.35. The molecule has 1 atom stereocenters. The summed E-state index contributed by atoms with van der Waals surface area (Å²) >= 11 is 0. The van der Waals surface area contributed by atoms with Crippen LogP contribution < -0.4 is 0 Å². The Hall–Kier alpha value is -1.60. The van der Waals surface area contributed by atoms with Crippen molar-refractivity contribution in [2.45, 2.75) is 51.0 Å². The van der Waals surface area contributed by atoms with Gasteiger partial charge in [0.25, 0.3) is 10.1 Å². The van der Waals surface area contributed by atoms with E-state index in [4.69, 9.17) is 4.18 Å². The third-order valence-corrected chi connectivity index (χ3v) is 6.16. The van der Waals surface area contributed by atoms with Crippen LogP contribution in [0.15, 0.2) is 29.2 Å². The monoisotopic (exact) mass is 355 g/mol. The SMILES string of the molecule is Cc1ccc(S(=O)(=O)OC[C@@]2(C(C)(C)C)CCCN2C(=O)O)cc1. The fraction of sp³-hybridized carbons (Fsp3) is 0.588. The largest absolute Gasteiger partial charge is 0.465 e. The van der Waals surface area contributed by atoms with Crippen LogP contribution in [0.2, 0.25) is 0 Å². The summed E-state index contributed by atoms with van der Waals surface area (Å²) in [4.78, 5) is 13.0. The number of carbonyl (C=O) groups is 1. The van der Waals surface area contributed by atoms with Crippen LogP contribution in [-0.2, 0) is 14.3 Å². The number of aryl methyl sites for hydroxylation is 1. The lowest BCUT2D eigenvalue weighted by molar-refractivity contribution is -0.00205. The van der Waals surface area contributed by atoms with Crippen LogP contribution in [0.4, 0.5) is 4.79 Å². The summed E-state index contributed by atoms with van der Waals surface area (Å²) in [6.45, 7) is 7.82. The van der Waals surface area contributed by atoms with Gasteiger partial charge in [0.1, 0.15) is 0 Å². The molecule has 1 heterocycles. The number of benzene rings is 1. The first-order chi connectivity index (χ1) is 11.0. The van der Waals surface area contributed by atoms with Crippen molar-refractivity contribution in [2.75, 3.05) is 13.2 Å². The third kappa shape index (κ3) is 3.42. The first kappa shape index (κ1) is 18.7. The molecule has 1 aromatic rings. The predicted molar refractivity (Wildman–Crippen MR) is 90.5 cm³/mol. The fourth-order valence-corrected chi connectivity index (χ4v) is 4.21. The van der Waals surface area contributed by atoms with Crippen LogP contribution >= 0.6 is 0 Å². The Kier molecular flexibility index (Phi) is 4.97. The maximum absolute atomic E-state index is 12.5. The van der Waals surface area contributed by atoms with E-state index in [1.54, 1.807) is 12.1 Å². The zero-order valence-electron chi connectivity index (χ0n) is 14.6. The van der Waals surface area contributed by atoms with Gasteiger partial charge in [-0.1, -0.05) is 38.5 Å². The molecule has 134 valence electrons. The number of nitrogens with zero attached hydrogens (tertiary/aromatic N) is 1. The maximum atomic E-state index is 12.5. The maximum Gasteiger partial charge on any atom is 0.407 e. The lowest BCUT2D eigenvalue weighted by Crippen LogP contribution is -2.58. The number of hydrogen-bond acceptors (Lipinski definition) is 4. The lowest BCUT2D eigenvalue weighted by atomic mass is 9.72. The average molecular weight is 355 g/mol. The molecule has 1 aromatic carbocycles. The van der Waals surface area contributed by atoms with Gasteiger partial charge in [0.05, 0.1) is 17.0 Å². The Morgan fingerprint density at radius 3 is 2.38 bits per heavy atom. The van der Waals surface area contributed by atoms with Gasteiger partial charge >= 0.3 is 6.09 Å².